The van der Waals surface area contributed by atoms with Gasteiger partial charge in [-0.15, -0.1) is 0 Å². The fraction of sp³-hybridized carbons (Fsp3) is 0. The van der Waals surface area contributed by atoms with Gasteiger partial charge in [-0.3, -0.25) is 0 Å². The zero-order chi connectivity index (χ0) is 35.4. The highest BCUT2D eigenvalue weighted by molar-refractivity contribution is 6.68. The van der Waals surface area contributed by atoms with Gasteiger partial charge in [0.05, 0.1) is 0 Å². The highest BCUT2D eigenvalue weighted by atomic mass is 28.3. The van der Waals surface area contributed by atoms with E-state index in [4.69, 9.17) is 0 Å². The molecule has 0 aliphatic heterocycles. The summed E-state index contributed by atoms with van der Waals surface area (Å²) in [5, 5.41) is 0. The summed E-state index contributed by atoms with van der Waals surface area (Å²) in [6, 6.07) is 0. The Bertz CT molecular complexity index is 1720. The molecular formula is C24B2F18O2Si. The van der Waals surface area contributed by atoms with Gasteiger partial charge in [0.25, 0.3) is 0 Å². The zero-order valence-electron chi connectivity index (χ0n) is 21.3. The topological polar surface area (TPSA) is 18.5 Å². The molecule has 4 aromatic rings. The molecule has 47 heavy (non-hydrogen) atoms. The van der Waals surface area contributed by atoms with E-state index in [0.29, 0.717) is 0 Å². The van der Waals surface area contributed by atoms with Crippen molar-refractivity contribution >= 4 is 46.4 Å². The van der Waals surface area contributed by atoms with Gasteiger partial charge in [0.15, 0.2) is 92.9 Å². The summed E-state index contributed by atoms with van der Waals surface area (Å²) in [4.78, 5) is 0. The van der Waals surface area contributed by atoms with E-state index in [1.807, 2.05) is 0 Å². The number of rotatable bonds is 8. The zero-order valence-corrected chi connectivity index (χ0v) is 22.3. The van der Waals surface area contributed by atoms with Crippen LogP contribution in [0.3, 0.4) is 0 Å². The molecule has 0 fully saturated rings. The molecular weight excluding hydrogens is 712 g/mol. The van der Waals surface area contributed by atoms with Crippen molar-refractivity contribution in [2.75, 3.05) is 0 Å². The number of benzene rings is 4. The average Bonchev–Trinajstić information content (AvgIpc) is 3.05. The Hall–Kier alpha value is -4.43. The van der Waals surface area contributed by atoms with E-state index in [1.165, 1.54) is 0 Å². The van der Waals surface area contributed by atoms with Gasteiger partial charge in [-0.2, -0.15) is 17.6 Å². The van der Waals surface area contributed by atoms with Crippen molar-refractivity contribution in [2.24, 2.45) is 0 Å². The number of hydrogen-bond donors (Lipinski definition) is 0. The van der Waals surface area contributed by atoms with E-state index < -0.39 is 163 Å². The van der Waals surface area contributed by atoms with Crippen LogP contribution in [0.15, 0.2) is 0 Å². The van der Waals surface area contributed by atoms with Gasteiger partial charge >= 0.3 is 10.0 Å². The molecule has 0 amide bonds. The van der Waals surface area contributed by atoms with Crippen LogP contribution in [-0.2, 0) is 0 Å². The van der Waals surface area contributed by atoms with Crippen molar-refractivity contribution < 1.29 is 87.9 Å². The van der Waals surface area contributed by atoms with E-state index in [1.54, 1.807) is 0 Å². The lowest BCUT2D eigenvalue weighted by atomic mass is 9.62. The van der Waals surface area contributed by atoms with Crippen LogP contribution in [0.2, 0.25) is 0 Å². The molecule has 0 atom stereocenters. The minimum Gasteiger partial charge on any atom is -0.503 e. The van der Waals surface area contributed by atoms with E-state index in [-0.39, 0.29) is 0 Å². The van der Waals surface area contributed by atoms with Gasteiger partial charge in [-0.1, -0.05) is 0 Å². The van der Waals surface area contributed by atoms with Crippen LogP contribution in [0.25, 0.3) is 0 Å². The Morgan fingerprint density at radius 2 is 0.426 bits per heavy atom. The summed E-state index contributed by atoms with van der Waals surface area (Å²) < 4.78 is 260. The fourth-order valence-electron chi connectivity index (χ4n) is 3.58. The van der Waals surface area contributed by atoms with Crippen molar-refractivity contribution in [3.63, 3.8) is 0 Å². The van der Waals surface area contributed by atoms with Crippen molar-refractivity contribution in [1.29, 1.82) is 0 Å². The Kier molecular flexibility index (Phi) is 9.79. The maximum atomic E-state index is 14.5. The van der Waals surface area contributed by atoms with Gasteiger partial charge in [0, 0.05) is 0 Å². The Labute approximate surface area is 251 Å². The Balaban J connectivity index is 1.63. The SMILES string of the molecule is Fc1c(F)c(F)c([B]c2c(F)c(F)c(O[Si]Oc3c(F)c(F)c([B]c4c(F)c(F)c(F)c(F)c4F)c(F)c3F)c(F)c2F)c(F)c1F. The minimum absolute atomic E-state index is 0.517. The van der Waals surface area contributed by atoms with Gasteiger partial charge in [0.2, 0.25) is 37.8 Å². The Morgan fingerprint density at radius 1 is 0.255 bits per heavy atom. The standard InChI is InChI=1S/C24B2F18O2Si/c27-5-1(6(28)14(36)17(39)13(5)35)25-3-9(31)19(41)23(20(42)10(3)32)45-47-46-24-21(43)11(33)4(12(34)22(24)44)26-2-7(29)15(37)18(40)16(38)8(2)30. The molecule has 0 aromatic heterocycles. The molecule has 23 heteroatoms. The highest BCUT2D eigenvalue weighted by Gasteiger charge is 2.34. The van der Waals surface area contributed by atoms with Crippen LogP contribution in [0.1, 0.15) is 0 Å². The van der Waals surface area contributed by atoms with E-state index in [0.717, 1.165) is 0 Å². The monoisotopic (exact) mass is 712 g/mol. The summed E-state index contributed by atoms with van der Waals surface area (Å²) in [6.07, 6.45) is 0. The van der Waals surface area contributed by atoms with Crippen LogP contribution < -0.4 is 30.7 Å². The molecule has 4 aromatic carbocycles. The average molecular weight is 712 g/mol. The molecule has 0 aliphatic carbocycles. The van der Waals surface area contributed by atoms with Crippen molar-refractivity contribution in [3.8, 4) is 11.5 Å². The second kappa shape index (κ2) is 13.0. The largest absolute Gasteiger partial charge is 0.610 e. The third-order valence-corrected chi connectivity index (χ3v) is 6.44. The first kappa shape index (κ1) is 35.4. The molecule has 4 radical (unpaired) electrons. The maximum absolute atomic E-state index is 14.5. The second-order valence-electron chi connectivity index (χ2n) is 8.54. The molecule has 0 aliphatic rings. The predicted molar refractivity (Wildman–Crippen MR) is 122 cm³/mol. The van der Waals surface area contributed by atoms with Gasteiger partial charge in [-0.25, -0.2) is 61.5 Å². The van der Waals surface area contributed by atoms with Crippen LogP contribution in [-0.4, -0.2) is 24.6 Å². The minimum atomic E-state index is -2.69. The van der Waals surface area contributed by atoms with Gasteiger partial charge in [-0.05, 0) is 21.9 Å². The molecule has 0 spiro atoms. The molecule has 4 rings (SSSR count). The summed E-state index contributed by atoms with van der Waals surface area (Å²) in [7, 11) is -3.32. The predicted octanol–water partition coefficient (Wildman–Crippen LogP) is 4.49. The van der Waals surface area contributed by atoms with Gasteiger partial charge < -0.3 is 8.85 Å². The number of hydrogen-bond acceptors (Lipinski definition) is 2. The quantitative estimate of drug-likeness (QED) is 0.116. The molecule has 2 nitrogen and oxygen atoms in total. The third kappa shape index (κ3) is 5.84. The molecule has 0 heterocycles. The number of halogens is 18. The first-order chi connectivity index (χ1) is 21.8. The molecule has 0 bridgehead atoms. The van der Waals surface area contributed by atoms with E-state index >= 15 is 0 Å². The molecule has 0 unspecified atom stereocenters. The normalized spacial score (nSPS) is 11.3. The summed E-state index contributed by atoms with van der Waals surface area (Å²) >= 11 is 0. The fourth-order valence-corrected chi connectivity index (χ4v) is 4.15. The van der Waals surface area contributed by atoms with Crippen LogP contribution in [0.4, 0.5) is 79.0 Å². The maximum Gasteiger partial charge on any atom is 0.610 e. The highest BCUT2D eigenvalue weighted by Crippen LogP contribution is 2.28. The van der Waals surface area contributed by atoms with Crippen molar-refractivity contribution in [1.82, 2.24) is 0 Å². The third-order valence-electron chi connectivity index (χ3n) is 5.87. The van der Waals surface area contributed by atoms with Gasteiger partial charge in [0.1, 0.15) is 0 Å². The molecule has 0 saturated carbocycles. The summed E-state index contributed by atoms with van der Waals surface area (Å²) in [5.74, 6) is -51.7. The van der Waals surface area contributed by atoms with E-state index in [9.17, 15) is 79.0 Å². The molecule has 244 valence electrons. The lowest BCUT2D eigenvalue weighted by Crippen LogP contribution is -2.39. The summed E-state index contributed by atoms with van der Waals surface area (Å²) in [5.41, 5.74) is -8.23. The molecule has 0 saturated heterocycles. The first-order valence-corrected chi connectivity index (χ1v) is 12.2. The van der Waals surface area contributed by atoms with Crippen LogP contribution in [0.5, 0.6) is 11.5 Å². The van der Waals surface area contributed by atoms with Crippen LogP contribution in [0, 0.1) is 105 Å². The van der Waals surface area contributed by atoms with Crippen molar-refractivity contribution in [2.45, 2.75) is 0 Å². The lowest BCUT2D eigenvalue weighted by molar-refractivity contribution is 0.355. The Morgan fingerprint density at radius 3 is 0.638 bits per heavy atom. The first-order valence-electron chi connectivity index (χ1n) is 11.4. The van der Waals surface area contributed by atoms with E-state index in [2.05, 4.69) is 8.85 Å². The molecule has 0 N–H and O–H groups in total. The second-order valence-corrected chi connectivity index (χ2v) is 9.12. The smallest absolute Gasteiger partial charge is 0.503 e. The lowest BCUT2D eigenvalue weighted by Gasteiger charge is -2.15. The van der Waals surface area contributed by atoms with Crippen molar-refractivity contribution in [3.05, 3.63) is 105 Å². The van der Waals surface area contributed by atoms with Crippen LogP contribution >= 0.6 is 0 Å². The summed E-state index contributed by atoms with van der Waals surface area (Å²) in [6.45, 7) is 0.